The number of rotatable bonds is 2. The Labute approximate surface area is 127 Å². The predicted octanol–water partition coefficient (Wildman–Crippen LogP) is 4.38. The van der Waals surface area contributed by atoms with Crippen molar-refractivity contribution in [2.75, 3.05) is 0 Å². The zero-order chi connectivity index (χ0) is 15.0. The lowest BCUT2D eigenvalue weighted by Gasteiger charge is -2.09. The van der Waals surface area contributed by atoms with E-state index in [0.717, 1.165) is 28.1 Å². The van der Waals surface area contributed by atoms with Gasteiger partial charge in [0.25, 0.3) is 0 Å². The van der Waals surface area contributed by atoms with Gasteiger partial charge in [-0.05, 0) is 20.8 Å². The lowest BCUT2D eigenvalue weighted by atomic mass is 10.1. The number of hydrogen-bond acceptors (Lipinski definition) is 4. The molecule has 3 aromatic rings. The van der Waals surface area contributed by atoms with E-state index in [4.69, 9.17) is 16.1 Å². The third-order valence-electron chi connectivity index (χ3n) is 3.39. The average molecular weight is 300 g/mol. The van der Waals surface area contributed by atoms with Gasteiger partial charge >= 0.3 is 0 Å². The van der Waals surface area contributed by atoms with E-state index in [2.05, 4.69) is 15.1 Å². The Morgan fingerprint density at radius 3 is 2.33 bits per heavy atom. The van der Waals surface area contributed by atoms with Gasteiger partial charge in [0.2, 0.25) is 0 Å². The third kappa shape index (κ3) is 2.43. The van der Waals surface area contributed by atoms with Crippen LogP contribution in [0.2, 0.25) is 5.15 Å². The summed E-state index contributed by atoms with van der Waals surface area (Å²) < 4.78 is 5.19. The van der Waals surface area contributed by atoms with Crippen molar-refractivity contribution in [3.05, 3.63) is 52.5 Å². The van der Waals surface area contributed by atoms with Crippen LogP contribution in [0.1, 0.15) is 17.0 Å². The summed E-state index contributed by atoms with van der Waals surface area (Å²) in [5, 5.41) is 4.39. The fourth-order valence-electron chi connectivity index (χ4n) is 2.28. The van der Waals surface area contributed by atoms with Gasteiger partial charge < -0.3 is 4.52 Å². The molecule has 2 heterocycles. The number of nitrogens with zero attached hydrogens (tertiary/aromatic N) is 3. The summed E-state index contributed by atoms with van der Waals surface area (Å²) in [5.74, 6) is 1.23. The molecule has 0 amide bonds. The van der Waals surface area contributed by atoms with E-state index in [1.807, 2.05) is 51.1 Å². The maximum atomic E-state index is 6.29. The van der Waals surface area contributed by atoms with Crippen LogP contribution in [0.4, 0.5) is 0 Å². The van der Waals surface area contributed by atoms with Crippen LogP contribution in [0.15, 0.2) is 34.9 Å². The van der Waals surface area contributed by atoms with Crippen LogP contribution in [0.3, 0.4) is 0 Å². The van der Waals surface area contributed by atoms with Crippen LogP contribution in [-0.2, 0) is 0 Å². The van der Waals surface area contributed by atoms with Crippen molar-refractivity contribution in [3.8, 4) is 22.6 Å². The van der Waals surface area contributed by atoms with Crippen LogP contribution in [-0.4, -0.2) is 15.1 Å². The summed E-state index contributed by atoms with van der Waals surface area (Å²) in [6.45, 7) is 5.63. The zero-order valence-corrected chi connectivity index (χ0v) is 12.8. The fourth-order valence-corrected chi connectivity index (χ4v) is 2.45. The summed E-state index contributed by atoms with van der Waals surface area (Å²) in [6.07, 6.45) is 0. The second-order valence-electron chi connectivity index (χ2n) is 4.88. The van der Waals surface area contributed by atoms with Crippen molar-refractivity contribution >= 4 is 11.6 Å². The molecule has 0 aliphatic rings. The summed E-state index contributed by atoms with van der Waals surface area (Å²) >= 11 is 6.29. The fraction of sp³-hybridized carbons (Fsp3) is 0.188. The van der Waals surface area contributed by atoms with Crippen molar-refractivity contribution < 1.29 is 4.52 Å². The van der Waals surface area contributed by atoms with Gasteiger partial charge in [-0.25, -0.2) is 9.97 Å². The van der Waals surface area contributed by atoms with E-state index in [0.29, 0.717) is 16.7 Å². The topological polar surface area (TPSA) is 51.8 Å². The van der Waals surface area contributed by atoms with Gasteiger partial charge in [-0.2, -0.15) is 0 Å². The van der Waals surface area contributed by atoms with Crippen molar-refractivity contribution in [2.24, 2.45) is 0 Å². The Kier molecular flexibility index (Phi) is 3.47. The van der Waals surface area contributed by atoms with Crippen molar-refractivity contribution in [3.63, 3.8) is 0 Å². The summed E-state index contributed by atoms with van der Waals surface area (Å²) in [4.78, 5) is 9.05. The molecular weight excluding hydrogens is 286 g/mol. The minimum absolute atomic E-state index is 0.443. The van der Waals surface area contributed by atoms with E-state index in [1.165, 1.54) is 0 Å². The highest BCUT2D eigenvalue weighted by molar-refractivity contribution is 6.30. The predicted molar refractivity (Wildman–Crippen MR) is 82.2 cm³/mol. The molecule has 0 spiro atoms. The number of hydrogen-bond donors (Lipinski definition) is 0. The van der Waals surface area contributed by atoms with E-state index < -0.39 is 0 Å². The monoisotopic (exact) mass is 299 g/mol. The molecule has 0 atom stereocenters. The quantitative estimate of drug-likeness (QED) is 0.659. The Hall–Kier alpha value is -2.20. The van der Waals surface area contributed by atoms with Crippen LogP contribution < -0.4 is 0 Å². The van der Waals surface area contributed by atoms with E-state index in [-0.39, 0.29) is 0 Å². The first-order valence-electron chi connectivity index (χ1n) is 6.60. The molecule has 21 heavy (non-hydrogen) atoms. The first-order valence-corrected chi connectivity index (χ1v) is 6.98. The molecule has 106 valence electrons. The lowest BCUT2D eigenvalue weighted by molar-refractivity contribution is 0.393. The molecule has 5 heteroatoms. The van der Waals surface area contributed by atoms with E-state index >= 15 is 0 Å². The minimum Gasteiger partial charge on any atom is -0.361 e. The molecule has 1 aromatic carbocycles. The number of benzene rings is 1. The van der Waals surface area contributed by atoms with Crippen LogP contribution in [0.5, 0.6) is 0 Å². The summed E-state index contributed by atoms with van der Waals surface area (Å²) in [6, 6.07) is 9.92. The molecule has 0 aliphatic heterocycles. The van der Waals surface area contributed by atoms with Crippen molar-refractivity contribution in [2.45, 2.75) is 20.8 Å². The first-order chi connectivity index (χ1) is 10.1. The Morgan fingerprint density at radius 2 is 1.71 bits per heavy atom. The summed E-state index contributed by atoms with van der Waals surface area (Å²) in [5.41, 5.74) is 4.25. The van der Waals surface area contributed by atoms with Gasteiger partial charge in [-0.3, -0.25) is 0 Å². The highest BCUT2D eigenvalue weighted by Gasteiger charge is 2.18. The molecular formula is C16H14ClN3O. The van der Waals surface area contributed by atoms with Crippen molar-refractivity contribution in [1.82, 2.24) is 15.1 Å². The molecule has 0 unspecified atom stereocenters. The molecule has 0 N–H and O–H groups in total. The van der Waals surface area contributed by atoms with Gasteiger partial charge in [0, 0.05) is 11.1 Å². The number of aromatic nitrogens is 3. The Balaban J connectivity index is 2.24. The van der Waals surface area contributed by atoms with E-state index in [9.17, 15) is 0 Å². The number of halogens is 1. The molecule has 0 bridgehead atoms. The minimum atomic E-state index is 0.443. The SMILES string of the molecule is Cc1noc(C)c1-c1nc(Cl)c(C)c(-c2ccccc2)n1. The lowest BCUT2D eigenvalue weighted by Crippen LogP contribution is -1.98. The largest absolute Gasteiger partial charge is 0.361 e. The van der Waals surface area contributed by atoms with Gasteiger partial charge in [0.05, 0.1) is 17.0 Å². The molecule has 0 saturated heterocycles. The molecule has 3 rings (SSSR count). The number of aryl methyl sites for hydroxylation is 2. The molecule has 0 fully saturated rings. The Bertz CT molecular complexity index is 777. The normalized spacial score (nSPS) is 10.9. The highest BCUT2D eigenvalue weighted by Crippen LogP contribution is 2.31. The van der Waals surface area contributed by atoms with Crippen LogP contribution in [0, 0.1) is 20.8 Å². The van der Waals surface area contributed by atoms with E-state index in [1.54, 1.807) is 0 Å². The zero-order valence-electron chi connectivity index (χ0n) is 12.0. The molecule has 0 radical (unpaired) electrons. The van der Waals surface area contributed by atoms with Crippen LogP contribution in [0.25, 0.3) is 22.6 Å². The molecule has 0 saturated carbocycles. The van der Waals surface area contributed by atoms with Gasteiger partial charge in [0.15, 0.2) is 5.82 Å². The maximum absolute atomic E-state index is 6.29. The van der Waals surface area contributed by atoms with Crippen molar-refractivity contribution in [1.29, 1.82) is 0 Å². The van der Waals surface area contributed by atoms with Crippen LogP contribution >= 0.6 is 11.6 Å². The standard InChI is InChI=1S/C16H14ClN3O/c1-9-14(12-7-5-4-6-8-12)18-16(19-15(9)17)13-10(2)20-21-11(13)3/h4-8H,1-3H3. The Morgan fingerprint density at radius 1 is 1.00 bits per heavy atom. The summed E-state index contributed by atoms with van der Waals surface area (Å²) in [7, 11) is 0. The van der Waals surface area contributed by atoms with Gasteiger partial charge in [-0.15, -0.1) is 0 Å². The average Bonchev–Trinajstić information content (AvgIpc) is 2.82. The first kappa shape index (κ1) is 13.8. The molecule has 4 nitrogen and oxygen atoms in total. The maximum Gasteiger partial charge on any atom is 0.166 e. The second-order valence-corrected chi connectivity index (χ2v) is 5.23. The molecule has 0 aliphatic carbocycles. The van der Waals surface area contributed by atoms with Gasteiger partial charge in [-0.1, -0.05) is 47.1 Å². The smallest absolute Gasteiger partial charge is 0.166 e. The van der Waals surface area contributed by atoms with Gasteiger partial charge in [0.1, 0.15) is 10.9 Å². The second kappa shape index (κ2) is 5.30. The highest BCUT2D eigenvalue weighted by atomic mass is 35.5. The third-order valence-corrected chi connectivity index (χ3v) is 3.76. The molecule has 2 aromatic heterocycles.